The highest BCUT2D eigenvalue weighted by Crippen LogP contribution is 2.38. The Kier molecular flexibility index (Phi) is 6.65. The summed E-state index contributed by atoms with van der Waals surface area (Å²) in [5.74, 6) is -0.00393. The van der Waals surface area contributed by atoms with Crippen molar-refractivity contribution in [2.75, 3.05) is 36.5 Å². The smallest absolute Gasteiger partial charge is 0.254 e. The molecule has 4 rings (SSSR count). The van der Waals surface area contributed by atoms with Crippen LogP contribution in [-0.2, 0) is 0 Å². The summed E-state index contributed by atoms with van der Waals surface area (Å²) >= 11 is 14.2. The molecule has 0 radical (unpaired) electrons. The lowest BCUT2D eigenvalue weighted by molar-refractivity contribution is 0.0747. The molecule has 0 aliphatic carbocycles. The van der Waals surface area contributed by atoms with Crippen molar-refractivity contribution < 1.29 is 4.79 Å². The number of thiazole rings is 1. The molecule has 0 bridgehead atoms. The molecular weight excluding hydrogens is 453 g/mol. The molecule has 162 valence electrons. The maximum atomic E-state index is 12.8. The van der Waals surface area contributed by atoms with Gasteiger partial charge in [-0.2, -0.15) is 5.10 Å². The summed E-state index contributed by atoms with van der Waals surface area (Å²) in [6.45, 7) is 6.61. The topological polar surface area (TPSA) is 60.8 Å². The molecule has 6 nitrogen and oxygen atoms in total. The third-order valence-electron chi connectivity index (χ3n) is 5.29. The van der Waals surface area contributed by atoms with Crippen molar-refractivity contribution >= 4 is 67.2 Å². The maximum Gasteiger partial charge on any atom is 0.254 e. The molecule has 0 saturated carbocycles. The number of nitrogens with zero attached hydrogens (tertiary/aromatic N) is 4. The summed E-state index contributed by atoms with van der Waals surface area (Å²) in [6, 6.07) is 11.0. The van der Waals surface area contributed by atoms with Crippen molar-refractivity contribution in [3.05, 3.63) is 52.0 Å². The average molecular weight is 476 g/mol. The highest BCUT2D eigenvalue weighted by Gasteiger charge is 2.25. The van der Waals surface area contributed by atoms with E-state index in [0.29, 0.717) is 41.8 Å². The van der Waals surface area contributed by atoms with Gasteiger partial charge in [0.1, 0.15) is 5.52 Å². The summed E-state index contributed by atoms with van der Waals surface area (Å²) in [5.41, 5.74) is 6.44. The quantitative estimate of drug-likeness (QED) is 0.376. The van der Waals surface area contributed by atoms with Gasteiger partial charge in [0.2, 0.25) is 5.13 Å². The minimum absolute atomic E-state index is 0.00393. The predicted octanol–water partition coefficient (Wildman–Crippen LogP) is 5.76. The number of hydrogen-bond acceptors (Lipinski definition) is 6. The van der Waals surface area contributed by atoms with Crippen LogP contribution >= 0.6 is 34.5 Å². The van der Waals surface area contributed by atoms with Crippen LogP contribution in [0, 0.1) is 0 Å². The molecule has 3 aromatic rings. The minimum atomic E-state index is -0.00393. The van der Waals surface area contributed by atoms with Gasteiger partial charge in [-0.3, -0.25) is 10.2 Å². The fraction of sp³-hybridized carbons (Fsp3) is 0.318. The number of amides is 1. The van der Waals surface area contributed by atoms with Crippen LogP contribution in [0.5, 0.6) is 0 Å². The minimum Gasteiger partial charge on any atom is -0.365 e. The Balaban J connectivity index is 1.52. The van der Waals surface area contributed by atoms with Crippen LogP contribution in [0.15, 0.2) is 41.5 Å². The van der Waals surface area contributed by atoms with Gasteiger partial charge in [0, 0.05) is 42.5 Å². The van der Waals surface area contributed by atoms with Crippen LogP contribution in [0.3, 0.4) is 0 Å². The van der Waals surface area contributed by atoms with Gasteiger partial charge in [0.15, 0.2) is 0 Å². The lowest BCUT2D eigenvalue weighted by atomic mass is 10.1. The number of halogens is 2. The molecule has 0 unspecified atom stereocenters. The van der Waals surface area contributed by atoms with Crippen molar-refractivity contribution in [1.29, 1.82) is 0 Å². The summed E-state index contributed by atoms with van der Waals surface area (Å²) in [7, 11) is 0. The van der Waals surface area contributed by atoms with E-state index in [4.69, 9.17) is 28.2 Å². The van der Waals surface area contributed by atoms with Crippen LogP contribution < -0.4 is 10.3 Å². The number of carbonyl (C=O) groups is 1. The number of fused-ring (bicyclic) bond motifs is 1. The van der Waals surface area contributed by atoms with E-state index < -0.39 is 0 Å². The van der Waals surface area contributed by atoms with Gasteiger partial charge in [0.25, 0.3) is 5.91 Å². The number of nitrogens with one attached hydrogen (secondary N) is 1. The van der Waals surface area contributed by atoms with Crippen LogP contribution in [0.4, 0.5) is 10.8 Å². The van der Waals surface area contributed by atoms with Crippen LogP contribution in [-0.4, -0.2) is 47.7 Å². The van der Waals surface area contributed by atoms with Gasteiger partial charge in [-0.15, -0.1) is 0 Å². The van der Waals surface area contributed by atoms with E-state index >= 15 is 0 Å². The second-order valence-corrected chi connectivity index (χ2v) is 9.24. The highest BCUT2D eigenvalue weighted by atomic mass is 35.5. The zero-order valence-corrected chi connectivity index (χ0v) is 19.7. The van der Waals surface area contributed by atoms with E-state index in [1.807, 2.05) is 24.0 Å². The van der Waals surface area contributed by atoms with Crippen LogP contribution in [0.2, 0.25) is 10.0 Å². The SMILES string of the molecule is CC/C(C)=N/Nc1nc2c(N3CCN(C(=O)c4cccc(Cl)c4)CC3)c(Cl)ccc2s1. The molecule has 1 aromatic heterocycles. The van der Waals surface area contributed by atoms with Gasteiger partial charge in [-0.05, 0) is 43.7 Å². The van der Waals surface area contributed by atoms with E-state index in [9.17, 15) is 4.79 Å². The fourth-order valence-electron chi connectivity index (χ4n) is 3.46. The average Bonchev–Trinajstić information content (AvgIpc) is 3.20. The third kappa shape index (κ3) is 4.79. The van der Waals surface area contributed by atoms with E-state index in [0.717, 1.165) is 33.2 Å². The van der Waals surface area contributed by atoms with Gasteiger partial charge >= 0.3 is 0 Å². The molecule has 0 atom stereocenters. The number of rotatable bonds is 5. The second kappa shape index (κ2) is 9.42. The molecule has 9 heteroatoms. The molecule has 1 fully saturated rings. The van der Waals surface area contributed by atoms with Gasteiger partial charge < -0.3 is 9.80 Å². The molecule has 31 heavy (non-hydrogen) atoms. The fourth-order valence-corrected chi connectivity index (χ4v) is 4.74. The van der Waals surface area contributed by atoms with Crippen molar-refractivity contribution in [1.82, 2.24) is 9.88 Å². The van der Waals surface area contributed by atoms with Crippen molar-refractivity contribution in [3.8, 4) is 0 Å². The van der Waals surface area contributed by atoms with E-state index in [-0.39, 0.29) is 5.91 Å². The highest BCUT2D eigenvalue weighted by molar-refractivity contribution is 7.22. The number of carbonyl (C=O) groups excluding carboxylic acids is 1. The molecule has 2 aromatic carbocycles. The van der Waals surface area contributed by atoms with E-state index in [1.165, 1.54) is 0 Å². The molecule has 0 spiro atoms. The molecule has 1 N–H and O–H groups in total. The molecular formula is C22H23Cl2N5OS. The van der Waals surface area contributed by atoms with Crippen LogP contribution in [0.25, 0.3) is 10.2 Å². The molecule has 1 aliphatic heterocycles. The Bertz CT molecular complexity index is 1140. The summed E-state index contributed by atoms with van der Waals surface area (Å²) < 4.78 is 1.05. The zero-order chi connectivity index (χ0) is 22.0. The molecule has 1 saturated heterocycles. The second-order valence-electron chi connectivity index (χ2n) is 7.36. The lowest BCUT2D eigenvalue weighted by Crippen LogP contribution is -2.49. The van der Waals surface area contributed by atoms with Crippen LogP contribution in [0.1, 0.15) is 30.6 Å². The summed E-state index contributed by atoms with van der Waals surface area (Å²) in [6.07, 6.45) is 0.882. The Morgan fingerprint density at radius 3 is 2.68 bits per heavy atom. The summed E-state index contributed by atoms with van der Waals surface area (Å²) in [4.78, 5) is 21.6. The first-order chi connectivity index (χ1) is 15.0. The Morgan fingerprint density at radius 1 is 1.19 bits per heavy atom. The first kappa shape index (κ1) is 21.9. The number of aromatic nitrogens is 1. The lowest BCUT2D eigenvalue weighted by Gasteiger charge is -2.36. The van der Waals surface area contributed by atoms with E-state index in [2.05, 4.69) is 22.4 Å². The number of piperazine rings is 1. The zero-order valence-electron chi connectivity index (χ0n) is 17.4. The standard InChI is InChI=1S/C22H23Cl2N5OS/c1-3-14(2)26-27-22-25-19-18(31-22)8-7-17(24)20(19)28-9-11-29(12-10-28)21(30)15-5-4-6-16(23)13-15/h4-8,13H,3,9-12H2,1-2H3,(H,25,27)/b26-14+. The molecule has 1 amide bonds. The Morgan fingerprint density at radius 2 is 1.97 bits per heavy atom. The number of benzene rings is 2. The molecule has 2 heterocycles. The Hall–Kier alpha value is -2.35. The van der Waals surface area contributed by atoms with Crippen molar-refractivity contribution in [2.45, 2.75) is 20.3 Å². The number of anilines is 2. The number of hydrogen-bond donors (Lipinski definition) is 1. The van der Waals surface area contributed by atoms with Gasteiger partial charge in [0.05, 0.1) is 15.4 Å². The van der Waals surface area contributed by atoms with E-state index in [1.54, 1.807) is 35.6 Å². The maximum absolute atomic E-state index is 12.8. The normalized spacial score (nSPS) is 14.9. The first-order valence-electron chi connectivity index (χ1n) is 10.1. The number of hydrazone groups is 1. The monoisotopic (exact) mass is 475 g/mol. The van der Waals surface area contributed by atoms with Gasteiger partial charge in [-0.1, -0.05) is 47.5 Å². The van der Waals surface area contributed by atoms with Crippen molar-refractivity contribution in [2.24, 2.45) is 5.10 Å². The van der Waals surface area contributed by atoms with Crippen molar-refractivity contribution in [3.63, 3.8) is 0 Å². The first-order valence-corrected chi connectivity index (χ1v) is 11.7. The predicted molar refractivity (Wildman–Crippen MR) is 131 cm³/mol. The summed E-state index contributed by atoms with van der Waals surface area (Å²) in [5, 5.41) is 6.31. The Labute approximate surface area is 195 Å². The van der Waals surface area contributed by atoms with Gasteiger partial charge in [-0.25, -0.2) is 4.98 Å². The third-order valence-corrected chi connectivity index (χ3v) is 6.76. The molecule has 1 aliphatic rings. The largest absolute Gasteiger partial charge is 0.365 e.